The van der Waals surface area contributed by atoms with Crippen LogP contribution in [-0.4, -0.2) is 5.11 Å². The number of aliphatic hydroxyl groups excluding tert-OH is 1. The van der Waals surface area contributed by atoms with E-state index in [0.717, 1.165) is 31.7 Å². The van der Waals surface area contributed by atoms with E-state index < -0.39 is 17.7 Å². The van der Waals surface area contributed by atoms with Crippen molar-refractivity contribution < 1.29 is 13.9 Å². The predicted octanol–water partition coefficient (Wildman–Crippen LogP) is 4.67. The fraction of sp³-hybridized carbons (Fsp3) is 0.625. The molecule has 1 fully saturated rings. The zero-order valence-electron chi connectivity index (χ0n) is 11.5. The molecular formula is C16H22F2O. The lowest BCUT2D eigenvalue weighted by molar-refractivity contribution is 0.0876. The lowest BCUT2D eigenvalue weighted by Crippen LogP contribution is -2.16. The van der Waals surface area contributed by atoms with E-state index in [0.29, 0.717) is 0 Å². The van der Waals surface area contributed by atoms with Crippen molar-refractivity contribution in [3.8, 4) is 0 Å². The van der Waals surface area contributed by atoms with Gasteiger partial charge in [0.1, 0.15) is 11.6 Å². The number of hydrogen-bond acceptors (Lipinski definition) is 1. The van der Waals surface area contributed by atoms with E-state index in [9.17, 15) is 13.9 Å². The number of rotatable bonds is 2. The van der Waals surface area contributed by atoms with Gasteiger partial charge in [0, 0.05) is 5.56 Å². The second-order valence-electron chi connectivity index (χ2n) is 5.67. The van der Waals surface area contributed by atoms with Gasteiger partial charge < -0.3 is 5.11 Å². The molecule has 1 atom stereocenters. The van der Waals surface area contributed by atoms with E-state index in [1.165, 1.54) is 32.3 Å². The van der Waals surface area contributed by atoms with Crippen molar-refractivity contribution in [2.75, 3.05) is 0 Å². The molecule has 0 bridgehead atoms. The van der Waals surface area contributed by atoms with Crippen LogP contribution in [0.25, 0.3) is 0 Å². The van der Waals surface area contributed by atoms with Crippen LogP contribution in [0.4, 0.5) is 8.78 Å². The second-order valence-corrected chi connectivity index (χ2v) is 5.67. The Morgan fingerprint density at radius 3 is 2.21 bits per heavy atom. The molecule has 0 radical (unpaired) electrons. The Bertz CT molecular complexity index is 423. The fourth-order valence-electron chi connectivity index (χ4n) is 2.95. The summed E-state index contributed by atoms with van der Waals surface area (Å²) in [4.78, 5) is 0. The first-order chi connectivity index (χ1) is 9.09. The minimum atomic E-state index is -0.881. The van der Waals surface area contributed by atoms with E-state index in [1.807, 2.05) is 0 Å². The minimum Gasteiger partial charge on any atom is -0.388 e. The topological polar surface area (TPSA) is 20.2 Å². The normalized spacial score (nSPS) is 19.8. The molecule has 0 spiro atoms. The summed E-state index contributed by atoms with van der Waals surface area (Å²) >= 11 is 0. The first-order valence-corrected chi connectivity index (χ1v) is 7.23. The van der Waals surface area contributed by atoms with Crippen LogP contribution in [0, 0.1) is 24.5 Å². The Labute approximate surface area is 113 Å². The van der Waals surface area contributed by atoms with Crippen molar-refractivity contribution >= 4 is 0 Å². The molecule has 1 aromatic rings. The van der Waals surface area contributed by atoms with Crippen LogP contribution >= 0.6 is 0 Å². The summed E-state index contributed by atoms with van der Waals surface area (Å²) in [6.45, 7) is 1.53. The molecule has 0 amide bonds. The van der Waals surface area contributed by atoms with E-state index in [2.05, 4.69) is 0 Å². The summed E-state index contributed by atoms with van der Waals surface area (Å²) < 4.78 is 27.4. The highest BCUT2D eigenvalue weighted by atomic mass is 19.1. The van der Waals surface area contributed by atoms with Crippen LogP contribution in [0.3, 0.4) is 0 Å². The Kier molecular flexibility index (Phi) is 4.92. The van der Waals surface area contributed by atoms with Gasteiger partial charge in [0.2, 0.25) is 0 Å². The predicted molar refractivity (Wildman–Crippen MR) is 71.9 cm³/mol. The van der Waals surface area contributed by atoms with E-state index in [-0.39, 0.29) is 17.0 Å². The Hall–Kier alpha value is -0.960. The zero-order chi connectivity index (χ0) is 13.8. The van der Waals surface area contributed by atoms with Gasteiger partial charge in [-0.1, -0.05) is 32.1 Å². The third kappa shape index (κ3) is 3.53. The molecule has 1 aromatic carbocycles. The van der Waals surface area contributed by atoms with Crippen LogP contribution in [0.1, 0.15) is 62.2 Å². The number of hydrogen-bond donors (Lipinski definition) is 1. The van der Waals surface area contributed by atoms with Crippen molar-refractivity contribution in [3.63, 3.8) is 0 Å². The maximum Gasteiger partial charge on any atom is 0.129 e. The van der Waals surface area contributed by atoms with E-state index in [4.69, 9.17) is 0 Å². The largest absolute Gasteiger partial charge is 0.388 e. The van der Waals surface area contributed by atoms with Gasteiger partial charge in [0.25, 0.3) is 0 Å². The number of aliphatic hydroxyl groups is 1. The quantitative estimate of drug-likeness (QED) is 0.826. The van der Waals surface area contributed by atoms with Gasteiger partial charge in [-0.25, -0.2) is 8.78 Å². The maximum atomic E-state index is 13.9. The van der Waals surface area contributed by atoms with Crippen molar-refractivity contribution in [1.29, 1.82) is 0 Å². The van der Waals surface area contributed by atoms with E-state index >= 15 is 0 Å². The molecule has 19 heavy (non-hydrogen) atoms. The van der Waals surface area contributed by atoms with Gasteiger partial charge in [0.05, 0.1) is 6.10 Å². The summed E-state index contributed by atoms with van der Waals surface area (Å²) in [6, 6.07) is 2.34. The maximum absolute atomic E-state index is 13.9. The fourth-order valence-corrected chi connectivity index (χ4v) is 2.95. The average Bonchev–Trinajstić information content (AvgIpc) is 2.32. The monoisotopic (exact) mass is 268 g/mol. The molecule has 0 aromatic heterocycles. The third-order valence-corrected chi connectivity index (χ3v) is 4.19. The van der Waals surface area contributed by atoms with Crippen LogP contribution in [0.5, 0.6) is 0 Å². The Morgan fingerprint density at radius 1 is 1.00 bits per heavy atom. The molecule has 0 aliphatic heterocycles. The van der Waals surface area contributed by atoms with Gasteiger partial charge in [-0.05, 0) is 43.4 Å². The SMILES string of the molecule is Cc1cc(F)c(C(O)C2CCCCCCC2)cc1F. The van der Waals surface area contributed by atoms with Gasteiger partial charge in [0.15, 0.2) is 0 Å². The number of aryl methyl sites for hydroxylation is 1. The lowest BCUT2D eigenvalue weighted by atomic mass is 9.84. The minimum absolute atomic E-state index is 0.0527. The summed E-state index contributed by atoms with van der Waals surface area (Å²) in [7, 11) is 0. The Balaban J connectivity index is 2.17. The van der Waals surface area contributed by atoms with Crippen molar-refractivity contribution in [1.82, 2.24) is 0 Å². The smallest absolute Gasteiger partial charge is 0.129 e. The molecule has 0 saturated heterocycles. The molecule has 106 valence electrons. The molecule has 1 aliphatic carbocycles. The van der Waals surface area contributed by atoms with Crippen LogP contribution in [0.2, 0.25) is 0 Å². The third-order valence-electron chi connectivity index (χ3n) is 4.19. The van der Waals surface area contributed by atoms with Crippen LogP contribution in [-0.2, 0) is 0 Å². The highest BCUT2D eigenvalue weighted by Crippen LogP contribution is 2.34. The molecular weight excluding hydrogens is 246 g/mol. The van der Waals surface area contributed by atoms with Gasteiger partial charge in [-0.15, -0.1) is 0 Å². The molecule has 1 unspecified atom stereocenters. The number of benzene rings is 1. The summed E-state index contributed by atoms with van der Waals surface area (Å²) in [5.41, 5.74) is 0.403. The number of halogens is 2. The molecule has 1 saturated carbocycles. The standard InChI is InChI=1S/C16H22F2O/c1-11-9-15(18)13(10-14(11)17)16(19)12-7-5-3-2-4-6-8-12/h9-10,12,16,19H,2-8H2,1H3. The van der Waals surface area contributed by atoms with Crippen molar-refractivity contribution in [2.45, 2.75) is 58.0 Å². The summed E-state index contributed by atoms with van der Waals surface area (Å²) in [5, 5.41) is 10.4. The van der Waals surface area contributed by atoms with Crippen molar-refractivity contribution in [3.05, 3.63) is 34.9 Å². The van der Waals surface area contributed by atoms with Gasteiger partial charge >= 0.3 is 0 Å². The molecule has 3 heteroatoms. The zero-order valence-corrected chi connectivity index (χ0v) is 11.5. The average molecular weight is 268 g/mol. The molecule has 1 nitrogen and oxygen atoms in total. The first kappa shape index (κ1) is 14.4. The van der Waals surface area contributed by atoms with Crippen LogP contribution in [0.15, 0.2) is 12.1 Å². The highest BCUT2D eigenvalue weighted by Gasteiger charge is 2.24. The summed E-state index contributed by atoms with van der Waals surface area (Å²) in [5.74, 6) is -0.883. The highest BCUT2D eigenvalue weighted by molar-refractivity contribution is 5.27. The Morgan fingerprint density at radius 2 is 1.58 bits per heavy atom. The van der Waals surface area contributed by atoms with Crippen LogP contribution < -0.4 is 0 Å². The van der Waals surface area contributed by atoms with Gasteiger partial charge in [-0.3, -0.25) is 0 Å². The van der Waals surface area contributed by atoms with E-state index in [1.54, 1.807) is 0 Å². The molecule has 0 heterocycles. The molecule has 1 N–H and O–H groups in total. The summed E-state index contributed by atoms with van der Waals surface area (Å²) in [6.07, 6.45) is 6.65. The lowest BCUT2D eigenvalue weighted by Gasteiger charge is -2.25. The first-order valence-electron chi connectivity index (χ1n) is 7.23. The van der Waals surface area contributed by atoms with Crippen molar-refractivity contribution in [2.24, 2.45) is 5.92 Å². The van der Waals surface area contributed by atoms with Gasteiger partial charge in [-0.2, -0.15) is 0 Å². The molecule has 1 aliphatic rings. The second kappa shape index (κ2) is 6.47. The molecule has 2 rings (SSSR count).